The van der Waals surface area contributed by atoms with Gasteiger partial charge in [0, 0.05) is 38.8 Å². The van der Waals surface area contributed by atoms with Crippen molar-refractivity contribution in [2.24, 2.45) is 0 Å². The van der Waals surface area contributed by atoms with Gasteiger partial charge in [0.2, 0.25) is 0 Å². The lowest BCUT2D eigenvalue weighted by Gasteiger charge is -2.04. The second kappa shape index (κ2) is 12.1. The average Bonchev–Trinajstić information content (AvgIpc) is 2.96. The molecule has 6 rings (SSSR count). The van der Waals surface area contributed by atoms with Crippen LogP contribution in [0, 0.1) is 36.3 Å². The lowest BCUT2D eigenvalue weighted by Crippen LogP contribution is -1.92. The van der Waals surface area contributed by atoms with Crippen molar-refractivity contribution in [2.45, 2.75) is 0 Å². The Labute approximate surface area is 236 Å². The summed E-state index contributed by atoms with van der Waals surface area (Å²) in [6, 6.07) is 28.4. The molecule has 0 amide bonds. The van der Waals surface area contributed by atoms with Gasteiger partial charge < -0.3 is 17.2 Å². The fourth-order valence-electron chi connectivity index (χ4n) is 4.35. The van der Waals surface area contributed by atoms with E-state index in [4.69, 9.17) is 41.6 Å². The maximum absolute atomic E-state index is 13.3. The van der Waals surface area contributed by atoms with E-state index in [1.165, 1.54) is 12.1 Å². The number of hydrogen-bond acceptors (Lipinski definition) is 3. The minimum Gasteiger partial charge on any atom is -0.398 e. The standard InChI is InChI=1S/C12H8FN.C12H9N.C10H7ClFN/c1-2-9-10(13)7-6-8-4-3-5-11(14)12(8)9;1-2-9-5-3-6-10-7-4-8-11(13)12(9)10;11-10-7(12)5-4-6-2-1-3-8(13)9(6)10/h1,3-7H,14H2;1,3-8H,13H2;1-5H,13H2. The minimum absolute atomic E-state index is 0.0931. The maximum atomic E-state index is 13.3. The van der Waals surface area contributed by atoms with Crippen molar-refractivity contribution in [1.82, 2.24) is 0 Å². The average molecular weight is 548 g/mol. The molecule has 6 N–H and O–H groups in total. The molecule has 0 fully saturated rings. The van der Waals surface area contributed by atoms with Crippen molar-refractivity contribution in [2.75, 3.05) is 17.2 Å². The van der Waals surface area contributed by atoms with Crippen molar-refractivity contribution in [3.05, 3.63) is 125 Å². The summed E-state index contributed by atoms with van der Waals surface area (Å²) in [7, 11) is 0. The smallest absolute Gasteiger partial charge is 0.142 e. The monoisotopic (exact) mass is 547 g/mol. The summed E-state index contributed by atoms with van der Waals surface area (Å²) in [5.74, 6) is 4.11. The van der Waals surface area contributed by atoms with E-state index < -0.39 is 11.6 Å². The van der Waals surface area contributed by atoms with E-state index >= 15 is 0 Å². The Hall–Kier alpha value is -5.23. The summed E-state index contributed by atoms with van der Waals surface area (Å²) < 4.78 is 26.3. The molecule has 0 atom stereocenters. The van der Waals surface area contributed by atoms with Crippen LogP contribution in [0.3, 0.4) is 0 Å². The lowest BCUT2D eigenvalue weighted by atomic mass is 10.0. The maximum Gasteiger partial charge on any atom is 0.142 e. The van der Waals surface area contributed by atoms with Crippen LogP contribution in [0.2, 0.25) is 5.02 Å². The predicted octanol–water partition coefficient (Wildman–Crippen LogP) is 8.16. The number of anilines is 3. The van der Waals surface area contributed by atoms with E-state index in [0.29, 0.717) is 22.1 Å². The molecule has 0 radical (unpaired) electrons. The van der Waals surface area contributed by atoms with E-state index in [1.807, 2.05) is 60.7 Å². The highest BCUT2D eigenvalue weighted by Gasteiger charge is 2.08. The molecule has 196 valence electrons. The van der Waals surface area contributed by atoms with Gasteiger partial charge in [-0.3, -0.25) is 0 Å². The number of rotatable bonds is 0. The van der Waals surface area contributed by atoms with E-state index in [2.05, 4.69) is 11.8 Å². The van der Waals surface area contributed by atoms with E-state index in [9.17, 15) is 8.78 Å². The molecule has 0 aliphatic heterocycles. The highest BCUT2D eigenvalue weighted by atomic mass is 35.5. The number of hydrogen-bond donors (Lipinski definition) is 3. The van der Waals surface area contributed by atoms with Gasteiger partial charge in [-0.25, -0.2) is 8.78 Å². The zero-order chi connectivity index (χ0) is 28.8. The third kappa shape index (κ3) is 5.61. The molecule has 40 heavy (non-hydrogen) atoms. The van der Waals surface area contributed by atoms with Gasteiger partial charge in [-0.05, 0) is 52.6 Å². The van der Waals surface area contributed by atoms with Crippen LogP contribution in [0.1, 0.15) is 11.1 Å². The molecule has 0 aliphatic rings. The summed E-state index contributed by atoms with van der Waals surface area (Å²) in [6.45, 7) is 0. The van der Waals surface area contributed by atoms with Gasteiger partial charge in [0.05, 0.1) is 10.6 Å². The quantitative estimate of drug-likeness (QED) is 0.133. The molecule has 0 saturated heterocycles. The molecule has 0 spiro atoms. The summed E-state index contributed by atoms with van der Waals surface area (Å²) in [4.78, 5) is 0. The number of terminal acetylenes is 2. The first-order chi connectivity index (χ1) is 19.3. The van der Waals surface area contributed by atoms with Crippen LogP contribution in [0.25, 0.3) is 32.3 Å². The first-order valence-electron chi connectivity index (χ1n) is 12.1. The lowest BCUT2D eigenvalue weighted by molar-refractivity contribution is 0.626. The fraction of sp³-hybridized carbons (Fsp3) is 0. The molecule has 0 bridgehead atoms. The number of nitrogens with two attached hydrogens (primary N) is 3. The van der Waals surface area contributed by atoms with Crippen molar-refractivity contribution in [3.63, 3.8) is 0 Å². The highest BCUT2D eigenvalue weighted by molar-refractivity contribution is 6.36. The SMILES string of the molecule is C#Cc1c(F)ccc2cccc(N)c12.C#Cc1cccc2cccc(N)c12.Nc1cccc2ccc(F)c(Cl)c12. The number of halogens is 3. The van der Waals surface area contributed by atoms with Crippen molar-refractivity contribution in [1.29, 1.82) is 0 Å². The zero-order valence-corrected chi connectivity index (χ0v) is 22.0. The topological polar surface area (TPSA) is 78.1 Å². The molecule has 0 unspecified atom stereocenters. The Morgan fingerprint density at radius 2 is 0.975 bits per heavy atom. The molecule has 0 heterocycles. The van der Waals surface area contributed by atoms with Gasteiger partial charge in [0.1, 0.15) is 11.6 Å². The first-order valence-corrected chi connectivity index (χ1v) is 12.4. The van der Waals surface area contributed by atoms with Gasteiger partial charge in [-0.15, -0.1) is 12.8 Å². The molecule has 0 saturated carbocycles. The summed E-state index contributed by atoms with van der Waals surface area (Å²) >= 11 is 5.78. The van der Waals surface area contributed by atoms with Gasteiger partial charge in [0.15, 0.2) is 0 Å². The van der Waals surface area contributed by atoms with Crippen LogP contribution in [0.4, 0.5) is 25.8 Å². The fourth-order valence-corrected chi connectivity index (χ4v) is 4.63. The summed E-state index contributed by atoms with van der Waals surface area (Å²) in [6.07, 6.45) is 10.6. The Balaban J connectivity index is 0.000000139. The second-order valence-corrected chi connectivity index (χ2v) is 9.09. The molecule has 3 nitrogen and oxygen atoms in total. The molecule has 0 aromatic heterocycles. The Kier molecular flexibility index (Phi) is 8.40. The van der Waals surface area contributed by atoms with Crippen LogP contribution >= 0.6 is 11.6 Å². The van der Waals surface area contributed by atoms with Crippen LogP contribution in [0.5, 0.6) is 0 Å². The summed E-state index contributed by atoms with van der Waals surface area (Å²) in [5, 5.41) is 5.09. The van der Waals surface area contributed by atoms with Crippen molar-refractivity contribution >= 4 is 61.0 Å². The van der Waals surface area contributed by atoms with Crippen LogP contribution < -0.4 is 17.2 Å². The predicted molar refractivity (Wildman–Crippen MR) is 166 cm³/mol. The number of nitrogen functional groups attached to an aromatic ring is 3. The number of benzene rings is 6. The van der Waals surface area contributed by atoms with Gasteiger partial charge >= 0.3 is 0 Å². The Morgan fingerprint density at radius 1 is 0.525 bits per heavy atom. The third-order valence-corrected chi connectivity index (χ3v) is 6.60. The van der Waals surface area contributed by atoms with Crippen LogP contribution in [-0.4, -0.2) is 0 Å². The molecular weight excluding hydrogens is 524 g/mol. The van der Waals surface area contributed by atoms with Crippen molar-refractivity contribution < 1.29 is 8.78 Å². The van der Waals surface area contributed by atoms with E-state index in [0.717, 1.165) is 32.8 Å². The van der Waals surface area contributed by atoms with Crippen LogP contribution in [0.15, 0.2) is 97.1 Å². The number of fused-ring (bicyclic) bond motifs is 3. The summed E-state index contributed by atoms with van der Waals surface area (Å²) in [5.41, 5.74) is 20.1. The first kappa shape index (κ1) is 27.8. The largest absolute Gasteiger partial charge is 0.398 e. The molecular formula is C34H24ClF2N3. The Morgan fingerprint density at radius 3 is 1.52 bits per heavy atom. The van der Waals surface area contributed by atoms with Crippen LogP contribution in [-0.2, 0) is 0 Å². The molecule has 0 aliphatic carbocycles. The normalized spacial score (nSPS) is 10.1. The third-order valence-electron chi connectivity index (χ3n) is 6.23. The molecule has 6 aromatic carbocycles. The minimum atomic E-state index is -0.438. The zero-order valence-electron chi connectivity index (χ0n) is 21.3. The van der Waals surface area contributed by atoms with Gasteiger partial charge in [-0.1, -0.05) is 84.1 Å². The van der Waals surface area contributed by atoms with E-state index in [1.54, 1.807) is 24.3 Å². The highest BCUT2D eigenvalue weighted by Crippen LogP contribution is 2.30. The molecule has 6 aromatic rings. The second-order valence-electron chi connectivity index (χ2n) is 8.71. The Bertz CT molecular complexity index is 1950. The van der Waals surface area contributed by atoms with Crippen molar-refractivity contribution in [3.8, 4) is 24.7 Å². The molecule has 6 heteroatoms. The van der Waals surface area contributed by atoms with Gasteiger partial charge in [-0.2, -0.15) is 0 Å². The van der Waals surface area contributed by atoms with Gasteiger partial charge in [0.25, 0.3) is 0 Å². The van der Waals surface area contributed by atoms with E-state index in [-0.39, 0.29) is 10.6 Å².